The molecular formula is C25H22NO+. The first-order valence-corrected chi connectivity index (χ1v) is 9.08. The summed E-state index contributed by atoms with van der Waals surface area (Å²) < 4.78 is 8.44. The average Bonchev–Trinajstić information content (AvgIpc) is 2.74. The van der Waals surface area contributed by atoms with E-state index in [1.54, 1.807) is 0 Å². The lowest BCUT2D eigenvalue weighted by molar-refractivity contribution is -0.463. The van der Waals surface area contributed by atoms with Crippen LogP contribution in [0.3, 0.4) is 0 Å². The van der Waals surface area contributed by atoms with Crippen molar-refractivity contribution in [3.8, 4) is 0 Å². The van der Waals surface area contributed by atoms with Crippen molar-refractivity contribution in [2.24, 2.45) is 0 Å². The molecule has 0 amide bonds. The van der Waals surface area contributed by atoms with Crippen LogP contribution in [-0.4, -0.2) is 24.4 Å². The van der Waals surface area contributed by atoms with Crippen molar-refractivity contribution < 1.29 is 9.31 Å². The molecule has 1 heterocycles. The maximum atomic E-state index is 6.30. The van der Waals surface area contributed by atoms with E-state index in [2.05, 4.69) is 79.4 Å². The summed E-state index contributed by atoms with van der Waals surface area (Å²) in [6.07, 6.45) is 12.7. The van der Waals surface area contributed by atoms with E-state index in [9.17, 15) is 0 Å². The third kappa shape index (κ3) is 3.61. The molecule has 0 spiro atoms. The third-order valence-electron chi connectivity index (χ3n) is 4.61. The lowest BCUT2D eigenvalue weighted by atomic mass is 9.95. The van der Waals surface area contributed by atoms with Gasteiger partial charge in [0.05, 0.1) is 5.57 Å². The molecule has 2 aromatic carbocycles. The van der Waals surface area contributed by atoms with E-state index in [0.29, 0.717) is 0 Å². The Balaban J connectivity index is 1.90. The van der Waals surface area contributed by atoms with Gasteiger partial charge >= 0.3 is 0 Å². The van der Waals surface area contributed by atoms with E-state index in [1.807, 2.05) is 36.4 Å². The standard InChI is InChI=1S/C25H22NO/c1-26(2)23-16-10-9-15-22(23)21-17-24(19-11-5-3-6-12-19)27-25(18-21)20-13-7-4-8-14-20/h3-18H,1-2H3/q+1. The van der Waals surface area contributed by atoms with Crippen LogP contribution in [0.1, 0.15) is 11.1 Å². The number of benzene rings is 2. The van der Waals surface area contributed by atoms with E-state index in [1.165, 1.54) is 11.3 Å². The zero-order valence-corrected chi connectivity index (χ0v) is 15.6. The Morgan fingerprint density at radius 3 is 1.70 bits per heavy atom. The Kier molecular flexibility index (Phi) is 4.71. The number of nitrogens with zero attached hydrogens (tertiary/aromatic N) is 1. The van der Waals surface area contributed by atoms with E-state index >= 15 is 0 Å². The number of allylic oxidation sites excluding steroid dienone is 8. The van der Waals surface area contributed by atoms with Crippen molar-refractivity contribution in [3.05, 3.63) is 119 Å². The van der Waals surface area contributed by atoms with Crippen LogP contribution < -0.4 is 0 Å². The molecule has 4 rings (SSSR count). The summed E-state index contributed by atoms with van der Waals surface area (Å²) in [5, 5.41) is 0. The van der Waals surface area contributed by atoms with Gasteiger partial charge in [0.15, 0.2) is 0 Å². The Morgan fingerprint density at radius 1 is 0.667 bits per heavy atom. The van der Waals surface area contributed by atoms with E-state index in [-0.39, 0.29) is 0 Å². The van der Waals surface area contributed by atoms with Gasteiger partial charge in [-0.2, -0.15) is 0 Å². The smallest absolute Gasteiger partial charge is 0.207 e. The lowest BCUT2D eigenvalue weighted by Crippen LogP contribution is -2.16. The molecular weight excluding hydrogens is 330 g/mol. The number of rotatable bonds is 2. The van der Waals surface area contributed by atoms with Crippen LogP contribution in [0.2, 0.25) is 0 Å². The largest absolute Gasteiger partial charge is 0.456 e. The highest BCUT2D eigenvalue weighted by Crippen LogP contribution is 2.34. The second kappa shape index (κ2) is 7.46. The predicted octanol–water partition coefficient (Wildman–Crippen LogP) is 5.23. The molecule has 0 N–H and O–H groups in total. The first-order valence-electron chi connectivity index (χ1n) is 9.08. The van der Waals surface area contributed by atoms with Crippen LogP contribution in [0.15, 0.2) is 108 Å². The molecule has 0 bridgehead atoms. The van der Waals surface area contributed by atoms with Gasteiger partial charge in [-0.25, -0.2) is 4.58 Å². The van der Waals surface area contributed by atoms with Crippen LogP contribution in [0, 0.1) is 0 Å². The van der Waals surface area contributed by atoms with Gasteiger partial charge in [-0.15, -0.1) is 0 Å². The number of ether oxygens (including phenoxy) is 1. The summed E-state index contributed by atoms with van der Waals surface area (Å²) in [5.74, 6) is 1.72. The SMILES string of the molecule is C[N+](C)=C1C=CC=CC1=C1C=C(c2ccccc2)OC(c2ccccc2)=C1. The molecule has 132 valence electrons. The molecule has 1 aliphatic carbocycles. The summed E-state index contributed by atoms with van der Waals surface area (Å²) in [5.41, 5.74) is 5.65. The second-order valence-electron chi connectivity index (χ2n) is 6.72. The minimum Gasteiger partial charge on any atom is -0.456 e. The zero-order valence-electron chi connectivity index (χ0n) is 15.6. The molecule has 27 heavy (non-hydrogen) atoms. The van der Waals surface area contributed by atoms with Gasteiger partial charge in [0.2, 0.25) is 5.71 Å². The second-order valence-corrected chi connectivity index (χ2v) is 6.72. The molecule has 1 aliphatic heterocycles. The molecule has 2 heteroatoms. The highest BCUT2D eigenvalue weighted by molar-refractivity contribution is 6.10. The van der Waals surface area contributed by atoms with Crippen molar-refractivity contribution in [3.63, 3.8) is 0 Å². The van der Waals surface area contributed by atoms with Crippen LogP contribution in [0.25, 0.3) is 11.5 Å². The summed E-state index contributed by atoms with van der Waals surface area (Å²) >= 11 is 0. The molecule has 0 radical (unpaired) electrons. The lowest BCUT2D eigenvalue weighted by Gasteiger charge is -2.20. The van der Waals surface area contributed by atoms with Crippen molar-refractivity contribution in [2.45, 2.75) is 0 Å². The number of hydrogen-bond donors (Lipinski definition) is 0. The Bertz CT molecular complexity index is 971. The summed E-state index contributed by atoms with van der Waals surface area (Å²) in [6.45, 7) is 0. The van der Waals surface area contributed by atoms with Crippen molar-refractivity contribution in [2.75, 3.05) is 14.1 Å². The topological polar surface area (TPSA) is 12.2 Å². The minimum atomic E-state index is 0.862. The predicted molar refractivity (Wildman–Crippen MR) is 112 cm³/mol. The molecule has 2 aliphatic rings. The highest BCUT2D eigenvalue weighted by atomic mass is 16.5. The molecule has 2 aromatic rings. The van der Waals surface area contributed by atoms with Gasteiger partial charge < -0.3 is 4.74 Å². The Labute approximate surface area is 160 Å². The summed E-state index contributed by atoms with van der Waals surface area (Å²) in [4.78, 5) is 0. The maximum absolute atomic E-state index is 6.30. The highest BCUT2D eigenvalue weighted by Gasteiger charge is 2.21. The van der Waals surface area contributed by atoms with Crippen molar-refractivity contribution in [1.82, 2.24) is 0 Å². The normalized spacial score (nSPS) is 16.0. The number of hydrogen-bond acceptors (Lipinski definition) is 1. The summed E-state index contributed by atoms with van der Waals surface area (Å²) in [7, 11) is 4.14. The van der Waals surface area contributed by atoms with Gasteiger partial charge in [-0.3, -0.25) is 0 Å². The van der Waals surface area contributed by atoms with Crippen LogP contribution in [0.5, 0.6) is 0 Å². The Hall–Kier alpha value is -3.39. The van der Waals surface area contributed by atoms with Crippen LogP contribution >= 0.6 is 0 Å². The van der Waals surface area contributed by atoms with Gasteiger partial charge in [0.25, 0.3) is 0 Å². The molecule has 0 aromatic heterocycles. The van der Waals surface area contributed by atoms with Gasteiger partial charge in [0.1, 0.15) is 25.6 Å². The molecule has 0 saturated carbocycles. The van der Waals surface area contributed by atoms with Gasteiger partial charge in [-0.05, 0) is 23.8 Å². The fourth-order valence-corrected chi connectivity index (χ4v) is 3.25. The molecule has 0 saturated heterocycles. The monoisotopic (exact) mass is 352 g/mol. The van der Waals surface area contributed by atoms with E-state index in [0.717, 1.165) is 28.2 Å². The van der Waals surface area contributed by atoms with Crippen molar-refractivity contribution >= 4 is 17.2 Å². The van der Waals surface area contributed by atoms with Crippen LogP contribution in [0.4, 0.5) is 0 Å². The maximum Gasteiger partial charge on any atom is 0.207 e. The van der Waals surface area contributed by atoms with Gasteiger partial charge in [0, 0.05) is 17.2 Å². The zero-order chi connectivity index (χ0) is 18.6. The quantitative estimate of drug-likeness (QED) is 0.674. The Morgan fingerprint density at radius 2 is 1.19 bits per heavy atom. The molecule has 0 atom stereocenters. The minimum absolute atomic E-state index is 0.862. The van der Waals surface area contributed by atoms with E-state index in [4.69, 9.17) is 4.74 Å². The molecule has 0 fully saturated rings. The van der Waals surface area contributed by atoms with Crippen LogP contribution in [-0.2, 0) is 4.74 Å². The molecule has 0 unspecified atom stereocenters. The first kappa shape index (κ1) is 17.0. The van der Waals surface area contributed by atoms with Gasteiger partial charge in [-0.1, -0.05) is 72.8 Å². The summed E-state index contributed by atoms with van der Waals surface area (Å²) in [6, 6.07) is 20.5. The molecule has 2 nitrogen and oxygen atoms in total. The third-order valence-corrected chi connectivity index (χ3v) is 4.61. The fourth-order valence-electron chi connectivity index (χ4n) is 3.25. The van der Waals surface area contributed by atoms with Crippen molar-refractivity contribution in [1.29, 1.82) is 0 Å². The average molecular weight is 352 g/mol. The first-order chi connectivity index (χ1) is 13.2. The van der Waals surface area contributed by atoms with E-state index < -0.39 is 0 Å². The fraction of sp³-hybridized carbons (Fsp3) is 0.0800.